The molecular weight excluding hydrogens is 407 g/mol. The maximum atomic E-state index is 12.9. The molecule has 0 radical (unpaired) electrons. The van der Waals surface area contributed by atoms with Gasteiger partial charge in [0.2, 0.25) is 0 Å². The van der Waals surface area contributed by atoms with E-state index in [4.69, 9.17) is 4.74 Å². The molecule has 0 unspecified atom stereocenters. The zero-order valence-corrected chi connectivity index (χ0v) is 17.1. The summed E-state index contributed by atoms with van der Waals surface area (Å²) in [7, 11) is -3.71. The normalized spacial score (nSPS) is 11.0. The predicted molar refractivity (Wildman–Crippen MR) is 113 cm³/mol. The fourth-order valence-electron chi connectivity index (χ4n) is 2.69. The zero-order valence-electron chi connectivity index (χ0n) is 16.3. The molecule has 2 N–H and O–H groups in total. The Bertz CT molecular complexity index is 1120. The van der Waals surface area contributed by atoms with Crippen molar-refractivity contribution in [3.63, 3.8) is 0 Å². The largest absolute Gasteiger partial charge is 0.492 e. The second-order valence-corrected chi connectivity index (χ2v) is 8.19. The lowest BCUT2D eigenvalue weighted by molar-refractivity contribution is 0.0947. The van der Waals surface area contributed by atoms with E-state index in [1.165, 1.54) is 36.4 Å². The summed E-state index contributed by atoms with van der Waals surface area (Å²) < 4.78 is 45.7. The van der Waals surface area contributed by atoms with Crippen LogP contribution in [0.25, 0.3) is 0 Å². The minimum Gasteiger partial charge on any atom is -0.492 e. The van der Waals surface area contributed by atoms with Crippen molar-refractivity contribution in [2.24, 2.45) is 0 Å². The summed E-state index contributed by atoms with van der Waals surface area (Å²) in [5.41, 5.74) is 1.41. The number of halogens is 1. The molecule has 1 amide bonds. The monoisotopic (exact) mass is 428 g/mol. The Labute approximate surface area is 174 Å². The maximum absolute atomic E-state index is 12.9. The SMILES string of the molecule is Cc1cc(C(=O)NCCOc2ccc(F)cc2)ccc1NS(=O)(=O)c1ccccc1. The summed E-state index contributed by atoms with van der Waals surface area (Å²) >= 11 is 0. The number of hydrogen-bond donors (Lipinski definition) is 2. The van der Waals surface area contributed by atoms with E-state index in [9.17, 15) is 17.6 Å². The van der Waals surface area contributed by atoms with E-state index >= 15 is 0 Å². The molecule has 0 heterocycles. The lowest BCUT2D eigenvalue weighted by Gasteiger charge is -2.12. The van der Waals surface area contributed by atoms with Crippen LogP contribution in [0.1, 0.15) is 15.9 Å². The van der Waals surface area contributed by atoms with Crippen LogP contribution in [-0.4, -0.2) is 27.5 Å². The van der Waals surface area contributed by atoms with Crippen molar-refractivity contribution in [3.8, 4) is 5.75 Å². The van der Waals surface area contributed by atoms with Crippen molar-refractivity contribution in [2.75, 3.05) is 17.9 Å². The van der Waals surface area contributed by atoms with E-state index in [0.717, 1.165) is 0 Å². The molecule has 0 saturated heterocycles. The fraction of sp³-hybridized carbons (Fsp3) is 0.136. The summed E-state index contributed by atoms with van der Waals surface area (Å²) in [4.78, 5) is 12.5. The van der Waals surface area contributed by atoms with E-state index in [1.54, 1.807) is 43.3 Å². The highest BCUT2D eigenvalue weighted by Gasteiger charge is 2.15. The molecule has 0 bridgehead atoms. The van der Waals surface area contributed by atoms with Gasteiger partial charge in [0, 0.05) is 5.56 Å². The highest BCUT2D eigenvalue weighted by atomic mass is 32.2. The van der Waals surface area contributed by atoms with Gasteiger partial charge < -0.3 is 10.1 Å². The Morgan fingerprint density at radius 1 is 1.00 bits per heavy atom. The topological polar surface area (TPSA) is 84.5 Å². The molecule has 0 fully saturated rings. The highest BCUT2D eigenvalue weighted by Crippen LogP contribution is 2.21. The average molecular weight is 428 g/mol. The molecule has 0 aliphatic heterocycles. The first-order chi connectivity index (χ1) is 14.3. The third-order valence-electron chi connectivity index (χ3n) is 4.26. The van der Waals surface area contributed by atoms with Crippen LogP contribution in [0, 0.1) is 12.7 Å². The van der Waals surface area contributed by atoms with Crippen LogP contribution < -0.4 is 14.8 Å². The third kappa shape index (κ3) is 5.57. The van der Waals surface area contributed by atoms with E-state index in [-0.39, 0.29) is 29.8 Å². The van der Waals surface area contributed by atoms with Gasteiger partial charge in [-0.15, -0.1) is 0 Å². The fourth-order valence-corrected chi connectivity index (χ4v) is 3.84. The van der Waals surface area contributed by atoms with Gasteiger partial charge in [-0.25, -0.2) is 12.8 Å². The number of aryl methyl sites for hydroxylation is 1. The second-order valence-electron chi connectivity index (χ2n) is 6.51. The first kappa shape index (κ1) is 21.3. The Morgan fingerprint density at radius 2 is 1.70 bits per heavy atom. The molecule has 156 valence electrons. The number of anilines is 1. The lowest BCUT2D eigenvalue weighted by Crippen LogP contribution is -2.28. The molecular formula is C22H21FN2O4S. The molecule has 0 aromatic heterocycles. The number of benzene rings is 3. The lowest BCUT2D eigenvalue weighted by atomic mass is 10.1. The summed E-state index contributed by atoms with van der Waals surface area (Å²) in [5, 5.41) is 2.72. The van der Waals surface area contributed by atoms with Gasteiger partial charge >= 0.3 is 0 Å². The molecule has 3 aromatic rings. The highest BCUT2D eigenvalue weighted by molar-refractivity contribution is 7.92. The van der Waals surface area contributed by atoms with Crippen molar-refractivity contribution in [1.29, 1.82) is 0 Å². The van der Waals surface area contributed by atoms with Gasteiger partial charge in [-0.05, 0) is 67.1 Å². The molecule has 3 rings (SSSR count). The molecule has 8 heteroatoms. The Kier molecular flexibility index (Phi) is 6.68. The minimum absolute atomic E-state index is 0.160. The van der Waals surface area contributed by atoms with E-state index in [2.05, 4.69) is 10.0 Å². The Hall–Kier alpha value is -3.39. The van der Waals surface area contributed by atoms with Crippen molar-refractivity contribution in [2.45, 2.75) is 11.8 Å². The van der Waals surface area contributed by atoms with Gasteiger partial charge in [0.15, 0.2) is 0 Å². The standard InChI is InChI=1S/C22H21FN2O4S/c1-16-15-17(22(26)24-13-14-29-19-10-8-18(23)9-11-19)7-12-21(16)25-30(27,28)20-5-3-2-4-6-20/h2-12,15,25H,13-14H2,1H3,(H,24,26). The number of nitrogens with one attached hydrogen (secondary N) is 2. The minimum atomic E-state index is -3.71. The summed E-state index contributed by atoms with van der Waals surface area (Å²) in [6.07, 6.45) is 0. The van der Waals surface area contributed by atoms with Gasteiger partial charge in [0.1, 0.15) is 18.2 Å². The quantitative estimate of drug-likeness (QED) is 0.536. The van der Waals surface area contributed by atoms with Crippen molar-refractivity contribution in [3.05, 3.63) is 89.7 Å². The third-order valence-corrected chi connectivity index (χ3v) is 5.64. The smallest absolute Gasteiger partial charge is 0.261 e. The number of rotatable bonds is 8. The Morgan fingerprint density at radius 3 is 2.37 bits per heavy atom. The predicted octanol–water partition coefficient (Wildman–Crippen LogP) is 3.74. The average Bonchev–Trinajstić information content (AvgIpc) is 2.74. The number of ether oxygens (including phenoxy) is 1. The van der Waals surface area contributed by atoms with E-state index < -0.39 is 10.0 Å². The molecule has 0 aliphatic rings. The van der Waals surface area contributed by atoms with Crippen molar-refractivity contribution < 1.29 is 22.3 Å². The molecule has 0 saturated carbocycles. The van der Waals surface area contributed by atoms with E-state index in [1.807, 2.05) is 0 Å². The molecule has 6 nitrogen and oxygen atoms in total. The van der Waals surface area contributed by atoms with Crippen LogP contribution in [0.4, 0.5) is 10.1 Å². The number of amides is 1. The van der Waals surface area contributed by atoms with Gasteiger partial charge in [-0.3, -0.25) is 9.52 Å². The summed E-state index contributed by atoms with van der Waals surface area (Å²) in [6, 6.07) is 18.4. The molecule has 0 spiro atoms. The van der Waals surface area contributed by atoms with Gasteiger partial charge in [0.05, 0.1) is 17.1 Å². The maximum Gasteiger partial charge on any atom is 0.261 e. The molecule has 0 aliphatic carbocycles. The summed E-state index contributed by atoms with van der Waals surface area (Å²) in [6.45, 7) is 2.21. The molecule has 30 heavy (non-hydrogen) atoms. The van der Waals surface area contributed by atoms with E-state index in [0.29, 0.717) is 22.6 Å². The van der Waals surface area contributed by atoms with Crippen LogP contribution >= 0.6 is 0 Å². The van der Waals surface area contributed by atoms with Gasteiger partial charge in [-0.1, -0.05) is 18.2 Å². The number of hydrogen-bond acceptors (Lipinski definition) is 4. The molecule has 0 atom stereocenters. The second kappa shape index (κ2) is 9.41. The van der Waals surface area contributed by atoms with Gasteiger partial charge in [0.25, 0.3) is 15.9 Å². The van der Waals surface area contributed by atoms with Crippen LogP contribution in [-0.2, 0) is 10.0 Å². The Balaban J connectivity index is 1.56. The van der Waals surface area contributed by atoms with Gasteiger partial charge in [-0.2, -0.15) is 0 Å². The zero-order chi connectivity index (χ0) is 21.6. The first-order valence-corrected chi connectivity index (χ1v) is 10.7. The summed E-state index contributed by atoms with van der Waals surface area (Å²) in [5.74, 6) is -0.143. The molecule has 3 aromatic carbocycles. The van der Waals surface area contributed by atoms with Crippen LogP contribution in [0.15, 0.2) is 77.7 Å². The van der Waals surface area contributed by atoms with Crippen LogP contribution in [0.3, 0.4) is 0 Å². The first-order valence-electron chi connectivity index (χ1n) is 9.20. The number of carbonyl (C=O) groups is 1. The van der Waals surface area contributed by atoms with Crippen LogP contribution in [0.5, 0.6) is 5.75 Å². The number of sulfonamides is 1. The van der Waals surface area contributed by atoms with Crippen molar-refractivity contribution in [1.82, 2.24) is 5.32 Å². The van der Waals surface area contributed by atoms with Crippen molar-refractivity contribution >= 4 is 21.6 Å². The van der Waals surface area contributed by atoms with Crippen LogP contribution in [0.2, 0.25) is 0 Å². The number of carbonyl (C=O) groups excluding carboxylic acids is 1.